The minimum absolute atomic E-state index is 0.0713. The van der Waals surface area contributed by atoms with Gasteiger partial charge in [0.2, 0.25) is 0 Å². The van der Waals surface area contributed by atoms with Crippen LogP contribution in [0.25, 0.3) is 0 Å². The van der Waals surface area contributed by atoms with E-state index in [1.165, 1.54) is 12.8 Å². The highest BCUT2D eigenvalue weighted by Crippen LogP contribution is 2.27. The van der Waals surface area contributed by atoms with Crippen LogP contribution in [0.5, 0.6) is 5.75 Å². The maximum absolute atomic E-state index is 12.1. The van der Waals surface area contributed by atoms with Crippen LogP contribution in [0.1, 0.15) is 29.6 Å². The summed E-state index contributed by atoms with van der Waals surface area (Å²) in [5, 5.41) is 6.34. The first-order chi connectivity index (χ1) is 9.70. The summed E-state index contributed by atoms with van der Waals surface area (Å²) in [6.07, 6.45) is 3.68. The first-order valence-corrected chi connectivity index (χ1v) is 7.82. The molecule has 1 aliphatic carbocycles. The number of amides is 1. The molecule has 1 aromatic carbocycles. The van der Waals surface area contributed by atoms with Crippen LogP contribution in [0.15, 0.2) is 22.7 Å². The number of carbonyl (C=O) groups is 1. The van der Waals surface area contributed by atoms with Gasteiger partial charge in [0.15, 0.2) is 0 Å². The minimum Gasteiger partial charge on any atom is -0.497 e. The zero-order valence-electron chi connectivity index (χ0n) is 11.7. The van der Waals surface area contributed by atoms with Crippen LogP contribution in [-0.2, 0) is 0 Å². The molecule has 4 nitrogen and oxygen atoms in total. The standard InChI is InChI=1S/C15H21BrN2O2/c1-20-12-5-6-14(16)13(9-12)15(19)18-8-2-7-17-10-11-3-4-11/h5-6,9,11,17H,2-4,7-8,10H2,1H3,(H,18,19). The zero-order chi connectivity index (χ0) is 14.4. The number of nitrogens with one attached hydrogen (secondary N) is 2. The molecule has 1 amide bonds. The lowest BCUT2D eigenvalue weighted by Gasteiger charge is -2.09. The summed E-state index contributed by atoms with van der Waals surface area (Å²) in [7, 11) is 1.59. The second kappa shape index (κ2) is 7.64. The lowest BCUT2D eigenvalue weighted by Crippen LogP contribution is -2.28. The van der Waals surface area contributed by atoms with E-state index in [4.69, 9.17) is 4.74 Å². The Morgan fingerprint density at radius 2 is 2.20 bits per heavy atom. The van der Waals surface area contributed by atoms with Crippen molar-refractivity contribution in [1.82, 2.24) is 10.6 Å². The largest absolute Gasteiger partial charge is 0.497 e. The van der Waals surface area contributed by atoms with Crippen LogP contribution in [0.4, 0.5) is 0 Å². The lowest BCUT2D eigenvalue weighted by molar-refractivity contribution is 0.0952. The molecule has 1 saturated carbocycles. The van der Waals surface area contributed by atoms with Crippen LogP contribution in [0, 0.1) is 5.92 Å². The van der Waals surface area contributed by atoms with Gasteiger partial charge in [0.25, 0.3) is 5.91 Å². The van der Waals surface area contributed by atoms with Crippen LogP contribution < -0.4 is 15.4 Å². The van der Waals surface area contributed by atoms with E-state index < -0.39 is 0 Å². The zero-order valence-corrected chi connectivity index (χ0v) is 13.3. The molecular weight excluding hydrogens is 320 g/mol. The van der Waals surface area contributed by atoms with Gasteiger partial charge in [0.1, 0.15) is 5.75 Å². The molecule has 2 N–H and O–H groups in total. The van der Waals surface area contributed by atoms with Crippen LogP contribution in [0.2, 0.25) is 0 Å². The van der Waals surface area contributed by atoms with E-state index in [0.717, 1.165) is 29.9 Å². The van der Waals surface area contributed by atoms with Gasteiger partial charge in [-0.15, -0.1) is 0 Å². The third-order valence-electron chi connectivity index (χ3n) is 3.36. The number of carbonyl (C=O) groups excluding carboxylic acids is 1. The molecular formula is C15H21BrN2O2. The number of hydrogen-bond donors (Lipinski definition) is 2. The number of benzene rings is 1. The fraction of sp³-hybridized carbons (Fsp3) is 0.533. The van der Waals surface area contributed by atoms with Crippen molar-refractivity contribution in [3.63, 3.8) is 0 Å². The average molecular weight is 341 g/mol. The van der Waals surface area contributed by atoms with Crippen molar-refractivity contribution in [2.24, 2.45) is 5.92 Å². The molecule has 110 valence electrons. The molecule has 1 fully saturated rings. The Bertz CT molecular complexity index is 461. The van der Waals surface area contributed by atoms with Crippen molar-refractivity contribution in [3.05, 3.63) is 28.2 Å². The van der Waals surface area contributed by atoms with Gasteiger partial charge in [0.05, 0.1) is 12.7 Å². The van der Waals surface area contributed by atoms with E-state index >= 15 is 0 Å². The minimum atomic E-state index is -0.0713. The fourth-order valence-electron chi connectivity index (χ4n) is 1.94. The van der Waals surface area contributed by atoms with Crippen molar-refractivity contribution in [3.8, 4) is 5.75 Å². The highest BCUT2D eigenvalue weighted by molar-refractivity contribution is 9.10. The smallest absolute Gasteiger partial charge is 0.252 e. The molecule has 5 heteroatoms. The van der Waals surface area contributed by atoms with Gasteiger partial charge in [0, 0.05) is 11.0 Å². The molecule has 1 aromatic rings. The molecule has 0 heterocycles. The van der Waals surface area contributed by atoms with E-state index in [1.54, 1.807) is 13.2 Å². The molecule has 2 rings (SSSR count). The summed E-state index contributed by atoms with van der Waals surface area (Å²) in [5.41, 5.74) is 0.607. The second-order valence-corrected chi connectivity index (χ2v) is 5.96. The summed E-state index contributed by atoms with van der Waals surface area (Å²) in [4.78, 5) is 12.1. The number of hydrogen-bond acceptors (Lipinski definition) is 3. The SMILES string of the molecule is COc1ccc(Br)c(C(=O)NCCCNCC2CC2)c1. The second-order valence-electron chi connectivity index (χ2n) is 5.10. The van der Waals surface area contributed by atoms with Gasteiger partial charge in [-0.25, -0.2) is 0 Å². The van der Waals surface area contributed by atoms with E-state index in [-0.39, 0.29) is 5.91 Å². The summed E-state index contributed by atoms with van der Waals surface area (Å²) in [6, 6.07) is 5.39. The Labute approximate surface area is 128 Å². The Morgan fingerprint density at radius 1 is 1.40 bits per heavy atom. The summed E-state index contributed by atoms with van der Waals surface area (Å²) in [5.74, 6) is 1.51. The van der Waals surface area contributed by atoms with Gasteiger partial charge in [-0.2, -0.15) is 0 Å². The van der Waals surface area contributed by atoms with Crippen molar-refractivity contribution in [2.75, 3.05) is 26.7 Å². The molecule has 0 bridgehead atoms. The molecule has 0 atom stereocenters. The Balaban J connectivity index is 1.70. The lowest BCUT2D eigenvalue weighted by atomic mass is 10.2. The Hall–Kier alpha value is -1.07. The first-order valence-electron chi connectivity index (χ1n) is 7.03. The maximum Gasteiger partial charge on any atom is 0.252 e. The third kappa shape index (κ3) is 4.80. The summed E-state index contributed by atoms with van der Waals surface area (Å²) >= 11 is 3.39. The predicted molar refractivity (Wildman–Crippen MR) is 83.2 cm³/mol. The summed E-state index contributed by atoms with van der Waals surface area (Å²) in [6.45, 7) is 2.76. The van der Waals surface area contributed by atoms with Crippen molar-refractivity contribution in [1.29, 1.82) is 0 Å². The van der Waals surface area contributed by atoms with E-state index in [9.17, 15) is 4.79 Å². The van der Waals surface area contributed by atoms with E-state index in [1.807, 2.05) is 12.1 Å². The first kappa shape index (κ1) is 15.3. The summed E-state index contributed by atoms with van der Waals surface area (Å²) < 4.78 is 5.92. The Morgan fingerprint density at radius 3 is 2.90 bits per heavy atom. The van der Waals surface area contributed by atoms with Gasteiger partial charge in [-0.05, 0) is 72.4 Å². The van der Waals surface area contributed by atoms with Crippen LogP contribution in [-0.4, -0.2) is 32.7 Å². The van der Waals surface area contributed by atoms with Gasteiger partial charge >= 0.3 is 0 Å². The highest BCUT2D eigenvalue weighted by Gasteiger charge is 2.19. The van der Waals surface area contributed by atoms with Gasteiger partial charge < -0.3 is 15.4 Å². The van der Waals surface area contributed by atoms with Gasteiger partial charge in [-0.3, -0.25) is 4.79 Å². The molecule has 20 heavy (non-hydrogen) atoms. The molecule has 0 saturated heterocycles. The average Bonchev–Trinajstić information content (AvgIpc) is 3.27. The number of rotatable bonds is 8. The monoisotopic (exact) mass is 340 g/mol. The molecule has 0 aromatic heterocycles. The van der Waals surface area contributed by atoms with E-state index in [2.05, 4.69) is 26.6 Å². The quantitative estimate of drug-likeness (QED) is 0.715. The third-order valence-corrected chi connectivity index (χ3v) is 4.06. The van der Waals surface area contributed by atoms with Crippen LogP contribution in [0.3, 0.4) is 0 Å². The topological polar surface area (TPSA) is 50.4 Å². The fourth-order valence-corrected chi connectivity index (χ4v) is 2.37. The molecule has 0 unspecified atom stereocenters. The van der Waals surface area contributed by atoms with E-state index in [0.29, 0.717) is 17.9 Å². The number of methoxy groups -OCH3 is 1. The van der Waals surface area contributed by atoms with Crippen molar-refractivity contribution < 1.29 is 9.53 Å². The molecule has 1 aliphatic rings. The van der Waals surface area contributed by atoms with Crippen molar-refractivity contribution in [2.45, 2.75) is 19.3 Å². The normalized spacial score (nSPS) is 14.1. The Kier molecular flexibility index (Phi) is 5.86. The maximum atomic E-state index is 12.1. The molecule has 0 radical (unpaired) electrons. The molecule has 0 spiro atoms. The molecule has 0 aliphatic heterocycles. The van der Waals surface area contributed by atoms with Crippen molar-refractivity contribution >= 4 is 21.8 Å². The predicted octanol–water partition coefficient (Wildman–Crippen LogP) is 2.58. The highest BCUT2D eigenvalue weighted by atomic mass is 79.9. The van der Waals surface area contributed by atoms with Crippen LogP contribution >= 0.6 is 15.9 Å². The number of halogens is 1. The number of ether oxygens (including phenoxy) is 1. The van der Waals surface area contributed by atoms with Gasteiger partial charge in [-0.1, -0.05) is 0 Å².